The van der Waals surface area contributed by atoms with E-state index in [1.165, 1.54) is 212 Å². The van der Waals surface area contributed by atoms with Gasteiger partial charge in [0.05, 0.1) is 25.4 Å². The molecule has 1 saturated heterocycles. The van der Waals surface area contributed by atoms with Gasteiger partial charge < -0.3 is 50.5 Å². The largest absolute Gasteiger partial charge is 0.394 e. The highest BCUT2D eigenvalue weighted by atomic mass is 16.7. The van der Waals surface area contributed by atoms with Crippen LogP contribution in [0.15, 0.2) is 24.3 Å². The SMILES string of the molecule is CCCCCCCCCCC/C=C\C/C=C\CCCCCCCCCCC(O)C(=O)NC(COC1OC(CO)C(O)C(O)C1O)C(O)C(O)CCCCCCCCCCCCCCCCCCCCCCCCC. The number of aliphatic hydroxyl groups excluding tert-OH is 7. The number of nitrogens with one attached hydrogen (secondary N) is 1. The molecule has 1 aliphatic rings. The first-order valence-corrected chi connectivity index (χ1v) is 31.7. The van der Waals surface area contributed by atoms with Crippen LogP contribution in [0.2, 0.25) is 0 Å². The van der Waals surface area contributed by atoms with Crippen molar-refractivity contribution in [3.8, 4) is 0 Å². The van der Waals surface area contributed by atoms with E-state index in [2.05, 4.69) is 43.5 Å². The van der Waals surface area contributed by atoms with Crippen molar-refractivity contribution in [2.45, 2.75) is 358 Å². The Hall–Kier alpha value is -1.41. The van der Waals surface area contributed by atoms with Crippen molar-refractivity contribution in [2.24, 2.45) is 0 Å². The first kappa shape index (κ1) is 70.6. The second kappa shape index (κ2) is 52.3. The number of carbonyl (C=O) groups excluding carboxylic acids is 1. The fourth-order valence-electron chi connectivity index (χ4n) is 10.4. The van der Waals surface area contributed by atoms with Crippen LogP contribution >= 0.6 is 0 Å². The van der Waals surface area contributed by atoms with Crippen LogP contribution < -0.4 is 5.32 Å². The molecule has 1 heterocycles. The van der Waals surface area contributed by atoms with Crippen LogP contribution in [0.25, 0.3) is 0 Å². The van der Waals surface area contributed by atoms with Crippen molar-refractivity contribution in [1.82, 2.24) is 5.32 Å². The van der Waals surface area contributed by atoms with Crippen LogP contribution in [0.5, 0.6) is 0 Å². The average molecular weight is 1050 g/mol. The number of amides is 1. The van der Waals surface area contributed by atoms with Gasteiger partial charge in [-0.3, -0.25) is 4.79 Å². The first-order chi connectivity index (χ1) is 36.2. The lowest BCUT2D eigenvalue weighted by atomic mass is 9.98. The lowest BCUT2D eigenvalue weighted by Gasteiger charge is -2.40. The fraction of sp³-hybridized carbons (Fsp3) is 0.921. The minimum Gasteiger partial charge on any atom is -0.394 e. The van der Waals surface area contributed by atoms with Crippen LogP contribution in [0.3, 0.4) is 0 Å². The monoisotopic (exact) mass is 1050 g/mol. The minimum atomic E-state index is -1.66. The summed E-state index contributed by atoms with van der Waals surface area (Å²) < 4.78 is 11.2. The normalized spacial score (nSPS) is 19.9. The first-order valence-electron chi connectivity index (χ1n) is 31.7. The smallest absolute Gasteiger partial charge is 0.249 e. The average Bonchev–Trinajstić information content (AvgIpc) is 3.40. The Morgan fingerprint density at radius 3 is 1.20 bits per heavy atom. The van der Waals surface area contributed by atoms with Gasteiger partial charge in [-0.2, -0.15) is 0 Å². The summed E-state index contributed by atoms with van der Waals surface area (Å²) in [7, 11) is 0. The third-order valence-electron chi connectivity index (χ3n) is 15.5. The molecule has 0 aromatic heterocycles. The second-order valence-electron chi connectivity index (χ2n) is 22.5. The number of ether oxygens (including phenoxy) is 2. The molecule has 0 saturated carbocycles. The highest BCUT2D eigenvalue weighted by Gasteiger charge is 2.44. The van der Waals surface area contributed by atoms with Gasteiger partial charge in [-0.25, -0.2) is 0 Å². The highest BCUT2D eigenvalue weighted by molar-refractivity contribution is 5.80. The number of carbonyl (C=O) groups is 1. The molecule has 0 aliphatic carbocycles. The summed E-state index contributed by atoms with van der Waals surface area (Å²) in [5.74, 6) is -0.697. The molecule has 0 aromatic carbocycles. The van der Waals surface area contributed by atoms with Crippen LogP contribution in [-0.4, -0.2) is 110 Å². The minimum absolute atomic E-state index is 0.255. The quantitative estimate of drug-likeness (QED) is 0.0215. The summed E-state index contributed by atoms with van der Waals surface area (Å²) in [6, 6.07) is -1.17. The summed E-state index contributed by atoms with van der Waals surface area (Å²) in [5, 5.41) is 76.4. The molecule has 0 bridgehead atoms. The van der Waals surface area contributed by atoms with E-state index in [9.17, 15) is 40.5 Å². The maximum atomic E-state index is 13.2. The molecule has 1 fully saturated rings. The molecule has 1 aliphatic heterocycles. The molecule has 0 radical (unpaired) electrons. The molecule has 1 rings (SSSR count). The fourth-order valence-corrected chi connectivity index (χ4v) is 10.4. The Morgan fingerprint density at radius 2 is 0.824 bits per heavy atom. The molecule has 9 atom stereocenters. The van der Waals surface area contributed by atoms with Gasteiger partial charge in [-0.1, -0.05) is 282 Å². The van der Waals surface area contributed by atoms with E-state index in [0.29, 0.717) is 19.3 Å². The van der Waals surface area contributed by atoms with E-state index in [-0.39, 0.29) is 6.42 Å². The van der Waals surface area contributed by atoms with Gasteiger partial charge in [0.15, 0.2) is 6.29 Å². The molecule has 0 spiro atoms. The molecule has 0 aromatic rings. The zero-order valence-corrected chi connectivity index (χ0v) is 48.1. The van der Waals surface area contributed by atoms with Crippen LogP contribution in [0.1, 0.15) is 303 Å². The summed E-state index contributed by atoms with van der Waals surface area (Å²) in [6.45, 7) is 3.50. The summed E-state index contributed by atoms with van der Waals surface area (Å²) >= 11 is 0. The summed E-state index contributed by atoms with van der Waals surface area (Å²) in [4.78, 5) is 13.2. The van der Waals surface area contributed by atoms with Crippen molar-refractivity contribution in [1.29, 1.82) is 0 Å². The van der Waals surface area contributed by atoms with Crippen molar-refractivity contribution < 1.29 is 50.0 Å². The molecular formula is C63H121NO10. The lowest BCUT2D eigenvalue weighted by molar-refractivity contribution is -0.303. The van der Waals surface area contributed by atoms with Crippen molar-refractivity contribution in [3.05, 3.63) is 24.3 Å². The van der Waals surface area contributed by atoms with Gasteiger partial charge in [-0.15, -0.1) is 0 Å². The Bertz CT molecular complexity index is 1250. The van der Waals surface area contributed by atoms with E-state index in [4.69, 9.17) is 9.47 Å². The van der Waals surface area contributed by atoms with Crippen molar-refractivity contribution in [3.63, 3.8) is 0 Å². The third kappa shape index (κ3) is 39.9. The number of hydrogen-bond donors (Lipinski definition) is 8. The van der Waals surface area contributed by atoms with Crippen LogP contribution in [0, 0.1) is 0 Å². The predicted octanol–water partition coefficient (Wildman–Crippen LogP) is 14.1. The number of aliphatic hydroxyl groups is 7. The van der Waals surface area contributed by atoms with Gasteiger partial charge in [0.2, 0.25) is 5.91 Å². The number of unbranched alkanes of at least 4 members (excludes halogenated alkanes) is 39. The summed E-state index contributed by atoms with van der Waals surface area (Å²) in [5.41, 5.74) is 0. The van der Waals surface area contributed by atoms with E-state index < -0.39 is 74.2 Å². The molecule has 1 amide bonds. The molecule has 8 N–H and O–H groups in total. The second-order valence-corrected chi connectivity index (χ2v) is 22.5. The maximum absolute atomic E-state index is 13.2. The Morgan fingerprint density at radius 1 is 0.473 bits per heavy atom. The molecule has 9 unspecified atom stereocenters. The predicted molar refractivity (Wildman–Crippen MR) is 307 cm³/mol. The Kier molecular flexibility index (Phi) is 49.9. The molecule has 74 heavy (non-hydrogen) atoms. The van der Waals surface area contributed by atoms with Crippen molar-refractivity contribution in [2.75, 3.05) is 13.2 Å². The number of allylic oxidation sites excluding steroid dienone is 4. The van der Waals surface area contributed by atoms with Gasteiger partial charge in [-0.05, 0) is 44.9 Å². The number of rotatable bonds is 55. The van der Waals surface area contributed by atoms with E-state index in [1.807, 2.05) is 0 Å². The topological polar surface area (TPSA) is 189 Å². The zero-order valence-electron chi connectivity index (χ0n) is 48.1. The van der Waals surface area contributed by atoms with Crippen molar-refractivity contribution >= 4 is 5.91 Å². The Balaban J connectivity index is 2.27. The van der Waals surface area contributed by atoms with Gasteiger partial charge in [0, 0.05) is 0 Å². The third-order valence-corrected chi connectivity index (χ3v) is 15.5. The maximum Gasteiger partial charge on any atom is 0.249 e. The lowest BCUT2D eigenvalue weighted by Crippen LogP contribution is -2.60. The van der Waals surface area contributed by atoms with Crippen LogP contribution in [-0.2, 0) is 14.3 Å². The standard InChI is InChI=1S/C63H121NO10/c1-3-5-7-9-11-13-15-17-19-21-23-25-27-29-31-33-35-37-39-41-43-45-47-49-51-56(67)62(72)64-54(53-73-63-61(71)60(70)59(69)57(52-65)74-63)58(68)55(66)50-48-46-44-42-40-38-36-34-32-30-28-26-24-22-20-18-16-14-12-10-8-6-4-2/h23,25,29,31,54-61,63,65-71H,3-22,24,26-28,30,32-53H2,1-2H3,(H,64,72)/b25-23-,31-29-. The number of hydrogen-bond acceptors (Lipinski definition) is 10. The van der Waals surface area contributed by atoms with E-state index in [1.54, 1.807) is 0 Å². The van der Waals surface area contributed by atoms with Crippen LogP contribution in [0.4, 0.5) is 0 Å². The molecule has 438 valence electrons. The van der Waals surface area contributed by atoms with Gasteiger partial charge in [0.25, 0.3) is 0 Å². The molecular weight excluding hydrogens is 931 g/mol. The summed E-state index contributed by atoms with van der Waals surface area (Å²) in [6.07, 6.45) is 52.3. The van der Waals surface area contributed by atoms with Gasteiger partial charge >= 0.3 is 0 Å². The highest BCUT2D eigenvalue weighted by Crippen LogP contribution is 2.24. The van der Waals surface area contributed by atoms with E-state index in [0.717, 1.165) is 51.4 Å². The van der Waals surface area contributed by atoms with Gasteiger partial charge in [0.1, 0.15) is 36.6 Å². The Labute approximate surface area is 454 Å². The van der Waals surface area contributed by atoms with E-state index >= 15 is 0 Å². The molecule has 11 nitrogen and oxygen atoms in total. The molecule has 11 heteroatoms. The zero-order chi connectivity index (χ0) is 54.0.